The van der Waals surface area contributed by atoms with Gasteiger partial charge in [-0.05, 0) is 42.5 Å². The number of nitrogens with zero attached hydrogens (tertiary/aromatic N) is 1. The van der Waals surface area contributed by atoms with Crippen LogP contribution >= 0.6 is 0 Å². The fourth-order valence-corrected chi connectivity index (χ4v) is 4.08. The minimum Gasteiger partial charge on any atom is -0.355 e. The van der Waals surface area contributed by atoms with E-state index in [1.54, 1.807) is 13.8 Å². The van der Waals surface area contributed by atoms with Crippen LogP contribution in [0.3, 0.4) is 0 Å². The molecule has 0 heterocycles. The van der Waals surface area contributed by atoms with Crippen LogP contribution in [0.1, 0.15) is 34.6 Å². The summed E-state index contributed by atoms with van der Waals surface area (Å²) in [6.07, 6.45) is 0. The van der Waals surface area contributed by atoms with E-state index < -0.39 is 21.7 Å². The zero-order valence-electron chi connectivity index (χ0n) is 15.8. The molecule has 150 valence electrons. The Kier molecular flexibility index (Phi) is 6.87. The Balaban J connectivity index is 2.30. The average molecular weight is 407 g/mol. The third-order valence-electron chi connectivity index (χ3n) is 4.16. The third kappa shape index (κ3) is 4.55. The standard InChI is InChI=1S/C19H22FN3O4S/c1-4-23(5-2)28(26,27)15-10-11-17(20)16(12-15)19(25)22-14-8-6-13(7-9-14)18(24)21-3/h6-12H,4-5H2,1-3H3,(H,21,24)(H,22,25). The summed E-state index contributed by atoms with van der Waals surface area (Å²) in [5.74, 6) is -1.90. The number of amides is 2. The predicted molar refractivity (Wildman–Crippen MR) is 104 cm³/mol. The summed E-state index contributed by atoms with van der Waals surface area (Å²) in [5, 5.41) is 4.98. The van der Waals surface area contributed by atoms with Crippen LogP contribution in [0.4, 0.5) is 10.1 Å². The molecule has 28 heavy (non-hydrogen) atoms. The molecule has 0 spiro atoms. The maximum absolute atomic E-state index is 14.2. The molecular weight excluding hydrogens is 385 g/mol. The number of carbonyl (C=O) groups is 2. The highest BCUT2D eigenvalue weighted by atomic mass is 32.2. The maximum Gasteiger partial charge on any atom is 0.258 e. The monoisotopic (exact) mass is 407 g/mol. The molecule has 0 bridgehead atoms. The fourth-order valence-electron chi connectivity index (χ4n) is 2.60. The topological polar surface area (TPSA) is 95.6 Å². The van der Waals surface area contributed by atoms with Gasteiger partial charge in [-0.1, -0.05) is 13.8 Å². The van der Waals surface area contributed by atoms with Gasteiger partial charge in [-0.2, -0.15) is 4.31 Å². The molecular formula is C19H22FN3O4S. The molecule has 0 radical (unpaired) electrons. The van der Waals surface area contributed by atoms with E-state index in [1.807, 2.05) is 0 Å². The predicted octanol–water partition coefficient (Wildman–Crippen LogP) is 2.47. The van der Waals surface area contributed by atoms with Crippen molar-refractivity contribution in [2.45, 2.75) is 18.7 Å². The van der Waals surface area contributed by atoms with Crippen molar-refractivity contribution in [2.24, 2.45) is 0 Å². The van der Waals surface area contributed by atoms with Crippen molar-refractivity contribution in [3.63, 3.8) is 0 Å². The average Bonchev–Trinajstić information content (AvgIpc) is 2.68. The second kappa shape index (κ2) is 8.94. The first-order valence-electron chi connectivity index (χ1n) is 8.67. The number of hydrogen-bond acceptors (Lipinski definition) is 4. The highest BCUT2D eigenvalue weighted by molar-refractivity contribution is 7.89. The lowest BCUT2D eigenvalue weighted by Crippen LogP contribution is -2.31. The lowest BCUT2D eigenvalue weighted by molar-refractivity contribution is 0.0962. The first-order chi connectivity index (χ1) is 13.2. The molecule has 2 aromatic carbocycles. The largest absolute Gasteiger partial charge is 0.355 e. The first kappa shape index (κ1) is 21.5. The summed E-state index contributed by atoms with van der Waals surface area (Å²) >= 11 is 0. The normalized spacial score (nSPS) is 11.3. The van der Waals surface area contributed by atoms with E-state index in [1.165, 1.54) is 35.6 Å². The minimum absolute atomic E-state index is 0.155. The van der Waals surface area contributed by atoms with Crippen LogP contribution in [0.25, 0.3) is 0 Å². The molecule has 0 aromatic heterocycles. The summed E-state index contributed by atoms with van der Waals surface area (Å²) in [6.45, 7) is 3.91. The van der Waals surface area contributed by atoms with Crippen molar-refractivity contribution in [1.29, 1.82) is 0 Å². The highest BCUT2D eigenvalue weighted by Crippen LogP contribution is 2.20. The minimum atomic E-state index is -3.82. The lowest BCUT2D eigenvalue weighted by Gasteiger charge is -2.19. The van der Waals surface area contributed by atoms with Gasteiger partial charge in [-0.15, -0.1) is 0 Å². The van der Waals surface area contributed by atoms with Crippen LogP contribution in [0.5, 0.6) is 0 Å². The number of carbonyl (C=O) groups excluding carboxylic acids is 2. The third-order valence-corrected chi connectivity index (χ3v) is 6.20. The van der Waals surface area contributed by atoms with E-state index in [-0.39, 0.29) is 29.5 Å². The van der Waals surface area contributed by atoms with Crippen LogP contribution in [0, 0.1) is 5.82 Å². The van der Waals surface area contributed by atoms with Crippen LogP contribution in [-0.4, -0.2) is 44.7 Å². The van der Waals surface area contributed by atoms with Crippen LogP contribution in [0.2, 0.25) is 0 Å². The van der Waals surface area contributed by atoms with Gasteiger partial charge in [0.2, 0.25) is 10.0 Å². The van der Waals surface area contributed by atoms with E-state index in [4.69, 9.17) is 0 Å². The summed E-state index contributed by atoms with van der Waals surface area (Å²) in [5.41, 5.74) is 0.358. The van der Waals surface area contributed by atoms with Gasteiger partial charge in [0, 0.05) is 31.4 Å². The molecule has 0 saturated heterocycles. The Hall–Kier alpha value is -2.78. The molecule has 0 aliphatic rings. The van der Waals surface area contributed by atoms with Gasteiger partial charge in [-0.25, -0.2) is 12.8 Å². The van der Waals surface area contributed by atoms with Crippen molar-refractivity contribution in [1.82, 2.24) is 9.62 Å². The van der Waals surface area contributed by atoms with Crippen molar-refractivity contribution in [3.05, 3.63) is 59.4 Å². The Morgan fingerprint density at radius 3 is 2.14 bits per heavy atom. The molecule has 2 rings (SSSR count). The first-order valence-corrected chi connectivity index (χ1v) is 10.1. The van der Waals surface area contributed by atoms with Crippen molar-refractivity contribution in [3.8, 4) is 0 Å². The van der Waals surface area contributed by atoms with E-state index in [0.717, 1.165) is 18.2 Å². The fraction of sp³-hybridized carbons (Fsp3) is 0.263. The smallest absolute Gasteiger partial charge is 0.258 e. The lowest BCUT2D eigenvalue weighted by atomic mass is 10.1. The molecule has 0 unspecified atom stereocenters. The van der Waals surface area contributed by atoms with Crippen molar-refractivity contribution in [2.75, 3.05) is 25.5 Å². The number of rotatable bonds is 7. The Labute approximate surface area is 163 Å². The second-order valence-electron chi connectivity index (χ2n) is 5.84. The molecule has 7 nitrogen and oxygen atoms in total. The van der Waals surface area contributed by atoms with Gasteiger partial charge in [0.1, 0.15) is 5.82 Å². The number of nitrogens with one attached hydrogen (secondary N) is 2. The molecule has 2 amide bonds. The zero-order valence-corrected chi connectivity index (χ0v) is 16.6. The summed E-state index contributed by atoms with van der Waals surface area (Å²) in [7, 11) is -2.32. The SMILES string of the molecule is CCN(CC)S(=O)(=O)c1ccc(F)c(C(=O)Nc2ccc(C(=O)NC)cc2)c1. The quantitative estimate of drug-likeness (QED) is 0.737. The van der Waals surface area contributed by atoms with E-state index in [2.05, 4.69) is 10.6 Å². The summed E-state index contributed by atoms with van der Waals surface area (Å²) < 4.78 is 40.6. The molecule has 2 aromatic rings. The summed E-state index contributed by atoms with van der Waals surface area (Å²) in [6, 6.07) is 9.13. The molecule has 2 N–H and O–H groups in total. The van der Waals surface area contributed by atoms with Gasteiger partial charge in [0.05, 0.1) is 10.5 Å². The molecule has 0 saturated carbocycles. The maximum atomic E-state index is 14.2. The van der Waals surface area contributed by atoms with Gasteiger partial charge in [0.15, 0.2) is 0 Å². The number of anilines is 1. The number of sulfonamides is 1. The van der Waals surface area contributed by atoms with Gasteiger partial charge in [0.25, 0.3) is 11.8 Å². The van der Waals surface area contributed by atoms with Gasteiger partial charge >= 0.3 is 0 Å². The molecule has 9 heteroatoms. The summed E-state index contributed by atoms with van der Waals surface area (Å²) in [4.78, 5) is 23.8. The Morgan fingerprint density at radius 2 is 1.61 bits per heavy atom. The molecule has 0 atom stereocenters. The van der Waals surface area contributed by atoms with Gasteiger partial charge in [-0.3, -0.25) is 9.59 Å². The second-order valence-corrected chi connectivity index (χ2v) is 7.78. The Bertz CT molecular complexity index is 971. The van der Waals surface area contributed by atoms with Crippen LogP contribution in [-0.2, 0) is 10.0 Å². The van der Waals surface area contributed by atoms with Crippen LogP contribution in [0.15, 0.2) is 47.4 Å². The van der Waals surface area contributed by atoms with Crippen molar-refractivity contribution < 1.29 is 22.4 Å². The Morgan fingerprint density at radius 1 is 1.00 bits per heavy atom. The van der Waals surface area contributed by atoms with E-state index in [0.29, 0.717) is 11.3 Å². The highest BCUT2D eigenvalue weighted by Gasteiger charge is 2.24. The molecule has 0 fully saturated rings. The van der Waals surface area contributed by atoms with Crippen molar-refractivity contribution >= 4 is 27.5 Å². The van der Waals surface area contributed by atoms with Gasteiger partial charge < -0.3 is 10.6 Å². The zero-order chi connectivity index (χ0) is 20.9. The number of hydrogen-bond donors (Lipinski definition) is 2. The molecule has 0 aliphatic carbocycles. The van der Waals surface area contributed by atoms with E-state index >= 15 is 0 Å². The number of halogens is 1. The number of benzene rings is 2. The molecule has 0 aliphatic heterocycles. The van der Waals surface area contributed by atoms with Crippen LogP contribution < -0.4 is 10.6 Å². The van der Waals surface area contributed by atoms with E-state index in [9.17, 15) is 22.4 Å².